The minimum absolute atomic E-state index is 0.353. The SMILES string of the molecule is Oc1ccc(CCCCN[C@H]2CC[C@H](c3ccccc3)CC2)cc1. The molecule has 2 N–H and O–H groups in total. The number of hydrogen-bond donors (Lipinski definition) is 2. The third kappa shape index (κ3) is 5.10. The maximum atomic E-state index is 9.29. The van der Waals surface area contributed by atoms with Gasteiger partial charge in [-0.3, -0.25) is 0 Å². The van der Waals surface area contributed by atoms with E-state index < -0.39 is 0 Å². The van der Waals surface area contributed by atoms with Crippen LogP contribution < -0.4 is 5.32 Å². The fourth-order valence-corrected chi connectivity index (χ4v) is 3.78. The summed E-state index contributed by atoms with van der Waals surface area (Å²) in [5.74, 6) is 1.12. The fourth-order valence-electron chi connectivity index (χ4n) is 3.78. The van der Waals surface area contributed by atoms with Crippen LogP contribution in [0.2, 0.25) is 0 Å². The van der Waals surface area contributed by atoms with Crippen molar-refractivity contribution in [1.82, 2.24) is 5.32 Å². The quantitative estimate of drug-likeness (QED) is 0.700. The van der Waals surface area contributed by atoms with E-state index in [0.717, 1.165) is 18.9 Å². The number of rotatable bonds is 7. The molecule has 2 aromatic rings. The molecule has 2 aromatic carbocycles. The highest BCUT2D eigenvalue weighted by atomic mass is 16.3. The Kier molecular flexibility index (Phi) is 6.31. The highest BCUT2D eigenvalue weighted by Gasteiger charge is 2.21. The van der Waals surface area contributed by atoms with E-state index in [1.165, 1.54) is 49.7 Å². The predicted octanol–water partition coefficient (Wildman–Crippen LogP) is 5.03. The van der Waals surface area contributed by atoms with Crippen molar-refractivity contribution in [3.8, 4) is 5.75 Å². The van der Waals surface area contributed by atoms with Gasteiger partial charge in [-0.1, -0.05) is 42.5 Å². The molecular weight excluding hydrogens is 294 g/mol. The number of benzene rings is 2. The van der Waals surface area contributed by atoms with Gasteiger partial charge in [-0.05, 0) is 80.7 Å². The number of aryl methyl sites for hydroxylation is 1. The van der Waals surface area contributed by atoms with Crippen LogP contribution in [0.25, 0.3) is 0 Å². The summed E-state index contributed by atoms with van der Waals surface area (Å²) in [6.07, 6.45) is 8.76. The Labute approximate surface area is 145 Å². The molecule has 1 fully saturated rings. The molecule has 0 heterocycles. The molecule has 2 heteroatoms. The number of phenols is 1. The summed E-state index contributed by atoms with van der Waals surface area (Å²) in [4.78, 5) is 0. The van der Waals surface area contributed by atoms with Crippen LogP contribution in [0.15, 0.2) is 54.6 Å². The normalized spacial score (nSPS) is 20.8. The zero-order valence-corrected chi connectivity index (χ0v) is 14.5. The van der Waals surface area contributed by atoms with E-state index in [1.54, 1.807) is 12.1 Å². The van der Waals surface area contributed by atoms with Gasteiger partial charge in [0.1, 0.15) is 5.75 Å². The van der Waals surface area contributed by atoms with E-state index in [1.807, 2.05) is 12.1 Å². The molecule has 0 radical (unpaired) electrons. The first kappa shape index (κ1) is 17.0. The van der Waals surface area contributed by atoms with Crippen LogP contribution in [0.1, 0.15) is 55.6 Å². The molecule has 3 rings (SSSR count). The summed E-state index contributed by atoms with van der Waals surface area (Å²) < 4.78 is 0. The van der Waals surface area contributed by atoms with Crippen LogP contribution in [0, 0.1) is 0 Å². The van der Waals surface area contributed by atoms with Gasteiger partial charge in [-0.25, -0.2) is 0 Å². The molecule has 128 valence electrons. The van der Waals surface area contributed by atoms with Crippen LogP contribution in [-0.2, 0) is 6.42 Å². The number of unbranched alkanes of at least 4 members (excludes halogenated alkanes) is 1. The van der Waals surface area contributed by atoms with Crippen LogP contribution in [0.4, 0.5) is 0 Å². The predicted molar refractivity (Wildman–Crippen MR) is 100 cm³/mol. The lowest BCUT2D eigenvalue weighted by Crippen LogP contribution is -2.33. The van der Waals surface area contributed by atoms with E-state index in [0.29, 0.717) is 11.8 Å². The van der Waals surface area contributed by atoms with Crippen molar-refractivity contribution in [3.05, 3.63) is 65.7 Å². The van der Waals surface area contributed by atoms with Crippen molar-refractivity contribution in [2.75, 3.05) is 6.54 Å². The van der Waals surface area contributed by atoms with Crippen LogP contribution in [-0.4, -0.2) is 17.7 Å². The van der Waals surface area contributed by atoms with Crippen molar-refractivity contribution in [1.29, 1.82) is 0 Å². The molecule has 0 unspecified atom stereocenters. The van der Waals surface area contributed by atoms with E-state index in [4.69, 9.17) is 0 Å². The van der Waals surface area contributed by atoms with E-state index in [-0.39, 0.29) is 0 Å². The molecule has 0 atom stereocenters. The molecule has 0 saturated heterocycles. The van der Waals surface area contributed by atoms with Gasteiger partial charge in [-0.2, -0.15) is 0 Å². The smallest absolute Gasteiger partial charge is 0.115 e. The van der Waals surface area contributed by atoms with Gasteiger partial charge in [0.05, 0.1) is 0 Å². The Hall–Kier alpha value is -1.80. The van der Waals surface area contributed by atoms with Gasteiger partial charge in [0.2, 0.25) is 0 Å². The Morgan fingerprint density at radius 2 is 1.54 bits per heavy atom. The molecule has 1 aliphatic rings. The third-order valence-electron chi connectivity index (χ3n) is 5.26. The molecule has 24 heavy (non-hydrogen) atoms. The minimum atomic E-state index is 0.353. The molecule has 2 nitrogen and oxygen atoms in total. The molecule has 0 aromatic heterocycles. The van der Waals surface area contributed by atoms with Crippen molar-refractivity contribution in [3.63, 3.8) is 0 Å². The molecular formula is C22H29NO. The van der Waals surface area contributed by atoms with Gasteiger partial charge in [-0.15, -0.1) is 0 Å². The Bertz CT molecular complexity index is 585. The Morgan fingerprint density at radius 3 is 2.25 bits per heavy atom. The average molecular weight is 323 g/mol. The van der Waals surface area contributed by atoms with Crippen LogP contribution in [0.3, 0.4) is 0 Å². The van der Waals surface area contributed by atoms with Crippen molar-refractivity contribution in [2.24, 2.45) is 0 Å². The van der Waals surface area contributed by atoms with Gasteiger partial charge in [0.15, 0.2) is 0 Å². The molecule has 0 spiro atoms. The second kappa shape index (κ2) is 8.89. The monoisotopic (exact) mass is 323 g/mol. The lowest BCUT2D eigenvalue weighted by molar-refractivity contribution is 0.341. The lowest BCUT2D eigenvalue weighted by atomic mass is 9.82. The van der Waals surface area contributed by atoms with E-state index in [9.17, 15) is 5.11 Å². The number of hydrogen-bond acceptors (Lipinski definition) is 2. The number of phenolic OH excluding ortho intramolecular Hbond substituents is 1. The number of aromatic hydroxyl groups is 1. The highest BCUT2D eigenvalue weighted by Crippen LogP contribution is 2.32. The first-order valence-electron chi connectivity index (χ1n) is 9.37. The van der Waals surface area contributed by atoms with E-state index >= 15 is 0 Å². The van der Waals surface area contributed by atoms with Gasteiger partial charge >= 0.3 is 0 Å². The standard InChI is InChI=1S/C22H29NO/c24-22-15-9-18(10-16-22)6-4-5-17-23-21-13-11-20(12-14-21)19-7-2-1-3-8-19/h1-3,7-10,15-16,20-21,23-24H,4-6,11-14,17H2/t20-,21-. The summed E-state index contributed by atoms with van der Waals surface area (Å²) in [5, 5.41) is 13.0. The first-order valence-corrected chi connectivity index (χ1v) is 9.37. The zero-order valence-electron chi connectivity index (χ0n) is 14.5. The Balaban J connectivity index is 1.29. The third-order valence-corrected chi connectivity index (χ3v) is 5.26. The first-order chi connectivity index (χ1) is 11.8. The van der Waals surface area contributed by atoms with Crippen molar-refractivity contribution >= 4 is 0 Å². The maximum Gasteiger partial charge on any atom is 0.115 e. The molecule has 0 amide bonds. The zero-order chi connectivity index (χ0) is 16.6. The summed E-state index contributed by atoms with van der Waals surface area (Å²) in [7, 11) is 0. The average Bonchev–Trinajstić information content (AvgIpc) is 2.64. The second-order valence-corrected chi connectivity index (χ2v) is 7.04. The summed E-state index contributed by atoms with van der Waals surface area (Å²) in [5.41, 5.74) is 2.83. The fraction of sp³-hybridized carbons (Fsp3) is 0.455. The second-order valence-electron chi connectivity index (χ2n) is 7.04. The highest BCUT2D eigenvalue weighted by molar-refractivity contribution is 5.25. The van der Waals surface area contributed by atoms with Crippen molar-refractivity contribution in [2.45, 2.75) is 56.9 Å². The molecule has 1 aliphatic carbocycles. The van der Waals surface area contributed by atoms with Gasteiger partial charge in [0, 0.05) is 6.04 Å². The molecule has 0 aliphatic heterocycles. The maximum absolute atomic E-state index is 9.29. The van der Waals surface area contributed by atoms with Gasteiger partial charge in [0.25, 0.3) is 0 Å². The Morgan fingerprint density at radius 1 is 0.833 bits per heavy atom. The van der Waals surface area contributed by atoms with Gasteiger partial charge < -0.3 is 10.4 Å². The van der Waals surface area contributed by atoms with Crippen LogP contribution in [0.5, 0.6) is 5.75 Å². The van der Waals surface area contributed by atoms with Crippen molar-refractivity contribution < 1.29 is 5.11 Å². The summed E-state index contributed by atoms with van der Waals surface area (Å²) in [6, 6.07) is 19.3. The van der Waals surface area contributed by atoms with Crippen LogP contribution >= 0.6 is 0 Å². The molecule has 1 saturated carbocycles. The minimum Gasteiger partial charge on any atom is -0.508 e. The topological polar surface area (TPSA) is 32.3 Å². The largest absolute Gasteiger partial charge is 0.508 e. The van der Waals surface area contributed by atoms with E-state index in [2.05, 4.69) is 35.6 Å². The summed E-state index contributed by atoms with van der Waals surface area (Å²) >= 11 is 0. The summed E-state index contributed by atoms with van der Waals surface area (Å²) in [6.45, 7) is 1.12. The number of nitrogens with one attached hydrogen (secondary N) is 1. The lowest BCUT2D eigenvalue weighted by Gasteiger charge is -2.29. The molecule has 0 bridgehead atoms.